The molecule has 0 spiro atoms. The average Bonchev–Trinajstić information content (AvgIpc) is 3.00. The van der Waals surface area contributed by atoms with Gasteiger partial charge in [-0.05, 0) is 57.8 Å². The number of phosphoric ester groups is 1. The molecule has 0 bridgehead atoms. The number of rotatable bonds is 31. The highest BCUT2D eigenvalue weighted by Gasteiger charge is 2.23. The Morgan fingerprint density at radius 2 is 1.23 bits per heavy atom. The number of carbonyl (C=O) groups is 2. The van der Waals surface area contributed by atoms with Crippen molar-refractivity contribution in [1.29, 1.82) is 0 Å². The molecule has 256 valence electrons. The van der Waals surface area contributed by atoms with E-state index in [0.29, 0.717) is 6.42 Å². The molecule has 0 radical (unpaired) electrons. The Bertz CT molecular complexity index is 830. The molecular formula is C34H62NO8P. The average molecular weight is 644 g/mol. The van der Waals surface area contributed by atoms with Crippen LogP contribution in [0, 0.1) is 0 Å². The summed E-state index contributed by atoms with van der Waals surface area (Å²) < 4.78 is 26.6. The highest BCUT2D eigenvalue weighted by Crippen LogP contribution is 2.42. The zero-order valence-electron chi connectivity index (χ0n) is 27.6. The van der Waals surface area contributed by atoms with Crippen molar-refractivity contribution in [2.45, 2.75) is 142 Å². The fourth-order valence-corrected chi connectivity index (χ4v) is 4.94. The molecule has 0 aromatic rings. The number of allylic oxidation sites excluding steroid dienone is 6. The van der Waals surface area contributed by atoms with Crippen molar-refractivity contribution in [3.05, 3.63) is 36.5 Å². The van der Waals surface area contributed by atoms with Crippen molar-refractivity contribution in [2.24, 2.45) is 0 Å². The van der Waals surface area contributed by atoms with E-state index in [1.54, 1.807) is 0 Å². The Morgan fingerprint density at radius 3 is 1.86 bits per heavy atom. The molecule has 0 saturated heterocycles. The van der Waals surface area contributed by atoms with Gasteiger partial charge in [0.25, 0.3) is 0 Å². The maximum absolute atomic E-state index is 12.0. The van der Waals surface area contributed by atoms with Gasteiger partial charge in [0, 0.05) is 19.4 Å². The van der Waals surface area contributed by atoms with E-state index in [4.69, 9.17) is 13.8 Å². The first-order valence-electron chi connectivity index (χ1n) is 17.0. The van der Waals surface area contributed by atoms with Gasteiger partial charge >= 0.3 is 13.8 Å². The number of aliphatic hydroxyl groups excluding tert-OH is 1. The number of aliphatic hydroxyl groups is 1. The van der Waals surface area contributed by atoms with Crippen LogP contribution in [0.15, 0.2) is 36.5 Å². The zero-order chi connectivity index (χ0) is 32.6. The van der Waals surface area contributed by atoms with Crippen LogP contribution in [0.5, 0.6) is 0 Å². The number of esters is 1. The molecule has 10 heteroatoms. The van der Waals surface area contributed by atoms with E-state index in [1.165, 1.54) is 12.8 Å². The van der Waals surface area contributed by atoms with Crippen LogP contribution in [0.3, 0.4) is 0 Å². The van der Waals surface area contributed by atoms with Gasteiger partial charge in [-0.1, -0.05) is 102 Å². The van der Waals surface area contributed by atoms with E-state index in [9.17, 15) is 24.2 Å². The Kier molecular flexibility index (Phi) is 30.0. The lowest BCUT2D eigenvalue weighted by molar-refractivity contribution is -0.147. The van der Waals surface area contributed by atoms with Crippen LogP contribution >= 0.6 is 7.82 Å². The lowest BCUT2D eigenvalue weighted by atomic mass is 10.1. The molecule has 0 aromatic carbocycles. The molecule has 0 aliphatic heterocycles. The van der Waals surface area contributed by atoms with E-state index in [2.05, 4.69) is 55.6 Å². The summed E-state index contributed by atoms with van der Waals surface area (Å²) in [6.45, 7) is 3.36. The molecular weight excluding hydrogens is 581 g/mol. The number of hydrogen-bond donors (Lipinski definition) is 3. The molecule has 0 saturated carbocycles. The number of ether oxygens (including phenoxy) is 1. The number of carbonyl (C=O) groups excluding carboxylic acids is 2. The van der Waals surface area contributed by atoms with Gasteiger partial charge in [-0.2, -0.15) is 0 Å². The van der Waals surface area contributed by atoms with Gasteiger partial charge < -0.3 is 20.1 Å². The summed E-state index contributed by atoms with van der Waals surface area (Å²) in [6, 6.07) is 0. The summed E-state index contributed by atoms with van der Waals surface area (Å²) in [5.41, 5.74) is 0. The summed E-state index contributed by atoms with van der Waals surface area (Å²) in [6.07, 6.45) is 30.8. The Morgan fingerprint density at radius 1 is 0.705 bits per heavy atom. The molecule has 0 aromatic heterocycles. The molecule has 44 heavy (non-hydrogen) atoms. The second-order valence-electron chi connectivity index (χ2n) is 11.1. The summed E-state index contributed by atoms with van der Waals surface area (Å²) >= 11 is 0. The van der Waals surface area contributed by atoms with Gasteiger partial charge in [-0.25, -0.2) is 4.57 Å². The van der Waals surface area contributed by atoms with Crippen LogP contribution in [0.25, 0.3) is 0 Å². The molecule has 0 fully saturated rings. The zero-order valence-corrected chi connectivity index (χ0v) is 28.5. The molecule has 0 aliphatic rings. The highest BCUT2D eigenvalue weighted by atomic mass is 31.2. The van der Waals surface area contributed by atoms with Crippen LogP contribution < -0.4 is 5.32 Å². The molecule has 1 amide bonds. The fourth-order valence-electron chi connectivity index (χ4n) is 4.18. The minimum atomic E-state index is -4.41. The van der Waals surface area contributed by atoms with Gasteiger partial charge in [0.05, 0.1) is 13.2 Å². The Labute approximate surface area is 267 Å². The first-order valence-corrected chi connectivity index (χ1v) is 18.5. The largest absolute Gasteiger partial charge is 0.472 e. The molecule has 0 rings (SSSR count). The molecule has 2 unspecified atom stereocenters. The monoisotopic (exact) mass is 643 g/mol. The second kappa shape index (κ2) is 31.2. The van der Waals surface area contributed by atoms with Crippen molar-refractivity contribution in [2.75, 3.05) is 26.4 Å². The van der Waals surface area contributed by atoms with E-state index < -0.39 is 26.5 Å². The van der Waals surface area contributed by atoms with Crippen LogP contribution in [0.2, 0.25) is 0 Å². The Balaban J connectivity index is 3.68. The maximum atomic E-state index is 12.0. The molecule has 9 nitrogen and oxygen atoms in total. The van der Waals surface area contributed by atoms with Crippen molar-refractivity contribution >= 4 is 19.7 Å². The van der Waals surface area contributed by atoms with Gasteiger partial charge in [0.2, 0.25) is 5.91 Å². The van der Waals surface area contributed by atoms with E-state index in [1.807, 2.05) is 0 Å². The minimum absolute atomic E-state index is 0.0723. The number of phosphoric acid groups is 1. The third-order valence-corrected chi connectivity index (χ3v) is 7.74. The summed E-state index contributed by atoms with van der Waals surface area (Å²) in [4.78, 5) is 33.6. The lowest BCUT2D eigenvalue weighted by Gasteiger charge is -2.15. The summed E-state index contributed by atoms with van der Waals surface area (Å²) in [5.74, 6) is -0.547. The standard InChI is InChI=1S/C34H62NO8P/c1-3-5-7-9-11-13-15-16-17-18-20-22-24-26-33(37)35-28-29-42-44(39,40)43-31-32(36)30-41-34(38)27-25-23-21-19-14-12-10-8-6-4-2/h7-10,13,15,32,36H,3-6,11-12,14,16-31H2,1-2H3,(H,35,37)(H,39,40)/b9-7-,10-8-,15-13-. The fraction of sp³-hybridized carbons (Fsp3) is 0.765. The molecule has 0 heterocycles. The summed E-state index contributed by atoms with van der Waals surface area (Å²) in [5, 5.41) is 12.6. The summed E-state index contributed by atoms with van der Waals surface area (Å²) in [7, 11) is -4.41. The lowest BCUT2D eigenvalue weighted by Crippen LogP contribution is -2.27. The Hall–Kier alpha value is -1.77. The van der Waals surface area contributed by atoms with Crippen LogP contribution in [-0.2, 0) is 27.9 Å². The third kappa shape index (κ3) is 31.6. The van der Waals surface area contributed by atoms with Crippen molar-refractivity contribution < 1.29 is 37.9 Å². The highest BCUT2D eigenvalue weighted by molar-refractivity contribution is 7.47. The second-order valence-corrected chi connectivity index (χ2v) is 12.6. The first kappa shape index (κ1) is 42.2. The normalized spacial score (nSPS) is 14.0. The predicted octanol–water partition coefficient (Wildman–Crippen LogP) is 8.26. The number of amides is 1. The number of hydrogen-bond acceptors (Lipinski definition) is 7. The quantitative estimate of drug-likeness (QED) is 0.0298. The van der Waals surface area contributed by atoms with E-state index in [-0.39, 0.29) is 32.1 Å². The van der Waals surface area contributed by atoms with Gasteiger partial charge in [0.15, 0.2) is 0 Å². The van der Waals surface area contributed by atoms with Crippen molar-refractivity contribution in [1.82, 2.24) is 5.32 Å². The van der Waals surface area contributed by atoms with Gasteiger partial charge in [0.1, 0.15) is 12.7 Å². The smallest absolute Gasteiger partial charge is 0.463 e. The first-order chi connectivity index (χ1) is 21.3. The predicted molar refractivity (Wildman–Crippen MR) is 178 cm³/mol. The third-order valence-electron chi connectivity index (χ3n) is 6.75. The van der Waals surface area contributed by atoms with E-state index >= 15 is 0 Å². The molecule has 2 atom stereocenters. The van der Waals surface area contributed by atoms with Crippen LogP contribution in [0.1, 0.15) is 136 Å². The van der Waals surface area contributed by atoms with Crippen LogP contribution in [0.4, 0.5) is 0 Å². The van der Waals surface area contributed by atoms with Crippen molar-refractivity contribution in [3.8, 4) is 0 Å². The maximum Gasteiger partial charge on any atom is 0.472 e. The van der Waals surface area contributed by atoms with Gasteiger partial charge in [-0.15, -0.1) is 0 Å². The molecule has 0 aliphatic carbocycles. The van der Waals surface area contributed by atoms with Crippen molar-refractivity contribution in [3.63, 3.8) is 0 Å². The van der Waals surface area contributed by atoms with Gasteiger partial charge in [-0.3, -0.25) is 18.6 Å². The number of nitrogens with one attached hydrogen (secondary N) is 1. The minimum Gasteiger partial charge on any atom is -0.463 e. The van der Waals surface area contributed by atoms with E-state index in [0.717, 1.165) is 96.3 Å². The molecule has 3 N–H and O–H groups in total. The SMILES string of the molecule is CCC/C=C\C/C=C\CCCCCCCC(=O)NCCOP(=O)(O)OCC(O)COC(=O)CCCCCCC/C=C\CCC. The topological polar surface area (TPSA) is 131 Å². The van der Waals surface area contributed by atoms with Crippen LogP contribution in [-0.4, -0.2) is 54.3 Å². The number of unbranched alkanes of at least 4 members (excludes halogenated alkanes) is 12.